The maximum atomic E-state index is 10.3. The summed E-state index contributed by atoms with van der Waals surface area (Å²) in [5.74, 6) is 0. The molecule has 1 aliphatic heterocycles. The summed E-state index contributed by atoms with van der Waals surface area (Å²) in [6, 6.07) is 11.9. The van der Waals surface area contributed by atoms with E-state index in [9.17, 15) is 5.11 Å². The molecule has 1 atom stereocenters. The number of aromatic nitrogens is 2. The maximum absolute atomic E-state index is 10.3. The Morgan fingerprint density at radius 3 is 2.56 bits per heavy atom. The molecule has 1 N–H and O–H groups in total. The Labute approximate surface area is 148 Å². The number of benzene rings is 1. The third-order valence-electron chi connectivity index (χ3n) is 4.60. The molecule has 6 heteroatoms. The van der Waals surface area contributed by atoms with Crippen LogP contribution in [-0.4, -0.2) is 63.5 Å². The molecule has 0 aliphatic carbocycles. The first-order chi connectivity index (χ1) is 12.2. The van der Waals surface area contributed by atoms with Gasteiger partial charge in [0, 0.05) is 38.6 Å². The van der Waals surface area contributed by atoms with Crippen LogP contribution in [0.25, 0.3) is 0 Å². The highest BCUT2D eigenvalue weighted by molar-refractivity contribution is 5.31. The van der Waals surface area contributed by atoms with Crippen molar-refractivity contribution in [1.29, 1.82) is 5.26 Å². The zero-order chi connectivity index (χ0) is 17.5. The van der Waals surface area contributed by atoms with Gasteiger partial charge in [-0.2, -0.15) is 10.4 Å². The number of rotatable bonds is 6. The molecule has 0 bridgehead atoms. The summed E-state index contributed by atoms with van der Waals surface area (Å²) in [6.45, 7) is 6.17. The Balaban J connectivity index is 1.45. The molecule has 132 valence electrons. The molecular weight excluding hydrogens is 314 g/mol. The summed E-state index contributed by atoms with van der Waals surface area (Å²) in [5, 5.41) is 23.3. The minimum atomic E-state index is -0.398. The molecule has 1 aromatic carbocycles. The first kappa shape index (κ1) is 17.6. The van der Waals surface area contributed by atoms with Crippen LogP contribution in [0, 0.1) is 11.3 Å². The summed E-state index contributed by atoms with van der Waals surface area (Å²) in [6.07, 6.45) is 4.32. The van der Waals surface area contributed by atoms with Crippen molar-refractivity contribution in [2.45, 2.75) is 25.6 Å². The molecule has 1 aromatic heterocycles. The lowest BCUT2D eigenvalue weighted by Gasteiger charge is -2.24. The van der Waals surface area contributed by atoms with Crippen LogP contribution >= 0.6 is 0 Å². The van der Waals surface area contributed by atoms with Crippen molar-refractivity contribution in [3.63, 3.8) is 0 Å². The molecular formula is C19H25N5O. The average molecular weight is 339 g/mol. The van der Waals surface area contributed by atoms with Crippen molar-refractivity contribution in [2.24, 2.45) is 0 Å². The van der Waals surface area contributed by atoms with Crippen molar-refractivity contribution in [3.05, 3.63) is 53.9 Å². The molecule has 0 amide bonds. The Kier molecular flexibility index (Phi) is 6.18. The summed E-state index contributed by atoms with van der Waals surface area (Å²) < 4.78 is 1.78. The van der Waals surface area contributed by atoms with Gasteiger partial charge in [0.15, 0.2) is 0 Å². The highest BCUT2D eigenvalue weighted by Gasteiger charge is 2.18. The van der Waals surface area contributed by atoms with Gasteiger partial charge in [0.2, 0.25) is 0 Å². The highest BCUT2D eigenvalue weighted by Crippen LogP contribution is 2.11. The summed E-state index contributed by atoms with van der Waals surface area (Å²) >= 11 is 0. The maximum Gasteiger partial charge on any atom is 0.0991 e. The van der Waals surface area contributed by atoms with Crippen LogP contribution < -0.4 is 0 Å². The van der Waals surface area contributed by atoms with Crippen LogP contribution in [0.4, 0.5) is 0 Å². The largest absolute Gasteiger partial charge is 0.390 e. The molecule has 25 heavy (non-hydrogen) atoms. The predicted molar refractivity (Wildman–Crippen MR) is 95.7 cm³/mol. The van der Waals surface area contributed by atoms with Crippen LogP contribution in [0.15, 0.2) is 42.7 Å². The van der Waals surface area contributed by atoms with Crippen molar-refractivity contribution >= 4 is 0 Å². The molecule has 3 rings (SSSR count). The molecule has 1 fully saturated rings. The van der Waals surface area contributed by atoms with E-state index in [-0.39, 0.29) is 0 Å². The van der Waals surface area contributed by atoms with Crippen LogP contribution in [-0.2, 0) is 13.1 Å². The quantitative estimate of drug-likeness (QED) is 0.860. The van der Waals surface area contributed by atoms with E-state index < -0.39 is 6.10 Å². The normalized spacial score (nSPS) is 17.8. The molecule has 0 unspecified atom stereocenters. The van der Waals surface area contributed by atoms with Gasteiger partial charge in [-0.05, 0) is 43.3 Å². The van der Waals surface area contributed by atoms with E-state index in [1.807, 2.05) is 36.5 Å². The summed E-state index contributed by atoms with van der Waals surface area (Å²) in [7, 11) is 0. The standard InChI is InChI=1S/C19H25N5O/c20-13-17-3-5-18(6-4-17)14-22-8-2-9-23(12-11-22)15-19(25)16-24-10-1-7-21-24/h1,3-7,10,19,25H,2,8-9,11-12,14-16H2/t19-/m1/s1. The Bertz CT molecular complexity index is 677. The second-order valence-electron chi connectivity index (χ2n) is 6.62. The van der Waals surface area contributed by atoms with Gasteiger partial charge < -0.3 is 5.11 Å². The average Bonchev–Trinajstić information content (AvgIpc) is 3.03. The molecule has 2 aromatic rings. The van der Waals surface area contributed by atoms with E-state index in [0.29, 0.717) is 18.7 Å². The third-order valence-corrected chi connectivity index (χ3v) is 4.60. The lowest BCUT2D eigenvalue weighted by atomic mass is 10.1. The fraction of sp³-hybridized carbons (Fsp3) is 0.474. The van der Waals surface area contributed by atoms with Crippen molar-refractivity contribution in [2.75, 3.05) is 32.7 Å². The topological polar surface area (TPSA) is 68.3 Å². The van der Waals surface area contributed by atoms with Gasteiger partial charge in [0.1, 0.15) is 0 Å². The lowest BCUT2D eigenvalue weighted by molar-refractivity contribution is 0.0962. The molecule has 1 aliphatic rings. The zero-order valence-corrected chi connectivity index (χ0v) is 14.5. The van der Waals surface area contributed by atoms with E-state index in [1.165, 1.54) is 5.56 Å². The molecule has 0 saturated carbocycles. The van der Waals surface area contributed by atoms with Gasteiger partial charge in [-0.1, -0.05) is 12.1 Å². The van der Waals surface area contributed by atoms with Gasteiger partial charge in [0.05, 0.1) is 24.3 Å². The van der Waals surface area contributed by atoms with E-state index in [1.54, 1.807) is 10.9 Å². The van der Waals surface area contributed by atoms with Gasteiger partial charge in [-0.25, -0.2) is 0 Å². The third kappa shape index (κ3) is 5.40. The van der Waals surface area contributed by atoms with Gasteiger partial charge in [-0.15, -0.1) is 0 Å². The Morgan fingerprint density at radius 2 is 1.84 bits per heavy atom. The molecule has 0 spiro atoms. The fourth-order valence-corrected chi connectivity index (χ4v) is 3.29. The minimum Gasteiger partial charge on any atom is -0.390 e. The second kappa shape index (κ2) is 8.77. The first-order valence-corrected chi connectivity index (χ1v) is 8.82. The van der Waals surface area contributed by atoms with Crippen LogP contribution in [0.2, 0.25) is 0 Å². The van der Waals surface area contributed by atoms with E-state index in [2.05, 4.69) is 21.0 Å². The SMILES string of the molecule is N#Cc1ccc(CN2CCCN(C[C@@H](O)Cn3cccn3)CC2)cc1. The van der Waals surface area contributed by atoms with Crippen LogP contribution in [0.5, 0.6) is 0 Å². The van der Waals surface area contributed by atoms with E-state index in [0.717, 1.165) is 39.1 Å². The number of nitriles is 1. The van der Waals surface area contributed by atoms with Gasteiger partial charge in [0.25, 0.3) is 0 Å². The van der Waals surface area contributed by atoms with Crippen molar-refractivity contribution < 1.29 is 5.11 Å². The smallest absolute Gasteiger partial charge is 0.0991 e. The second-order valence-corrected chi connectivity index (χ2v) is 6.62. The fourth-order valence-electron chi connectivity index (χ4n) is 3.29. The molecule has 2 heterocycles. The van der Waals surface area contributed by atoms with Crippen LogP contribution in [0.3, 0.4) is 0 Å². The number of hydrogen-bond acceptors (Lipinski definition) is 5. The van der Waals surface area contributed by atoms with E-state index in [4.69, 9.17) is 5.26 Å². The first-order valence-electron chi connectivity index (χ1n) is 8.82. The lowest BCUT2D eigenvalue weighted by Crippen LogP contribution is -2.37. The molecule has 6 nitrogen and oxygen atoms in total. The Hall–Kier alpha value is -2.20. The molecule has 0 radical (unpaired) electrons. The highest BCUT2D eigenvalue weighted by atomic mass is 16.3. The number of nitrogens with zero attached hydrogens (tertiary/aromatic N) is 5. The number of aliphatic hydroxyl groups excluding tert-OH is 1. The number of β-amino-alcohol motifs (C(OH)–C–C–N with tert-alkyl or cyclic N) is 1. The molecule has 1 saturated heterocycles. The van der Waals surface area contributed by atoms with Crippen molar-refractivity contribution in [1.82, 2.24) is 19.6 Å². The minimum absolute atomic E-state index is 0.398. The van der Waals surface area contributed by atoms with Gasteiger partial charge >= 0.3 is 0 Å². The predicted octanol–water partition coefficient (Wildman–Crippen LogP) is 1.32. The number of aliphatic hydroxyl groups is 1. The monoisotopic (exact) mass is 339 g/mol. The van der Waals surface area contributed by atoms with Crippen LogP contribution in [0.1, 0.15) is 17.5 Å². The Morgan fingerprint density at radius 1 is 1.08 bits per heavy atom. The van der Waals surface area contributed by atoms with E-state index >= 15 is 0 Å². The summed E-state index contributed by atoms with van der Waals surface area (Å²) in [5.41, 5.74) is 1.95. The number of hydrogen-bond donors (Lipinski definition) is 1. The van der Waals surface area contributed by atoms with Crippen molar-refractivity contribution in [3.8, 4) is 6.07 Å². The summed E-state index contributed by atoms with van der Waals surface area (Å²) in [4.78, 5) is 4.79. The van der Waals surface area contributed by atoms with Gasteiger partial charge in [-0.3, -0.25) is 14.5 Å². The zero-order valence-electron chi connectivity index (χ0n) is 14.5.